The van der Waals surface area contributed by atoms with Crippen LogP contribution in [0.3, 0.4) is 0 Å². The van der Waals surface area contributed by atoms with Crippen molar-refractivity contribution in [1.82, 2.24) is 9.78 Å². The molecule has 2 aromatic rings. The molecule has 2 rings (SSSR count). The third-order valence-electron chi connectivity index (χ3n) is 2.81. The largest absolute Gasteiger partial charge is 0.393 e. The number of aromatic nitrogens is 2. The molecule has 0 aliphatic rings. The molecular weight excluding hydrogens is 330 g/mol. The molecule has 0 fully saturated rings. The minimum absolute atomic E-state index is 0.0133. The highest BCUT2D eigenvalue weighted by atomic mass is 79.9. The molecule has 0 amide bonds. The van der Waals surface area contributed by atoms with Crippen LogP contribution in [0, 0.1) is 18.2 Å². The summed E-state index contributed by atoms with van der Waals surface area (Å²) in [4.78, 5) is 3.28. The lowest BCUT2D eigenvalue weighted by Crippen LogP contribution is -2.06. The molecule has 0 saturated carbocycles. The van der Waals surface area contributed by atoms with E-state index < -0.39 is 11.6 Å². The molecule has 0 aliphatic carbocycles. The normalized spacial score (nSPS) is 10.8. The third-order valence-corrected chi connectivity index (χ3v) is 3.43. The second-order valence-corrected chi connectivity index (χ2v) is 5.31. The first-order valence-corrected chi connectivity index (χ1v) is 6.57. The first kappa shape index (κ1) is 14.5. The van der Waals surface area contributed by atoms with E-state index in [1.807, 2.05) is 13.8 Å². The number of hydrogen-bond donors (Lipinski definition) is 1. The lowest BCUT2D eigenvalue weighted by atomic mass is 10.1. The molecule has 0 unspecified atom stereocenters. The zero-order chi connectivity index (χ0) is 15.0. The Morgan fingerprint density at radius 2 is 2.00 bits per heavy atom. The van der Waals surface area contributed by atoms with E-state index in [0.29, 0.717) is 0 Å². The van der Waals surface area contributed by atoms with Crippen molar-refractivity contribution in [3.8, 4) is 11.3 Å². The number of halogens is 3. The molecule has 4 nitrogen and oxygen atoms in total. The highest BCUT2D eigenvalue weighted by Crippen LogP contribution is 2.38. The highest BCUT2D eigenvalue weighted by Gasteiger charge is 2.23. The molecule has 1 heterocycles. The Bertz CT molecular complexity index is 716. The van der Waals surface area contributed by atoms with Gasteiger partial charge in [-0.15, -0.1) is 0 Å². The van der Waals surface area contributed by atoms with Gasteiger partial charge in [0.25, 0.3) is 5.69 Å². The molecule has 104 valence electrons. The van der Waals surface area contributed by atoms with Gasteiger partial charge in [-0.25, -0.2) is 13.6 Å². The Hall–Kier alpha value is -1.94. The Kier molecular flexibility index (Phi) is 3.77. The Labute approximate surface area is 123 Å². The molecule has 1 aromatic carbocycles. The molecule has 20 heavy (non-hydrogen) atoms. The van der Waals surface area contributed by atoms with Gasteiger partial charge in [-0.1, -0.05) is 0 Å². The van der Waals surface area contributed by atoms with E-state index in [1.165, 1.54) is 16.8 Å². The number of hydrogen-bond acceptors (Lipinski definition) is 2. The maximum Gasteiger partial charge on any atom is 0.254 e. The lowest BCUT2D eigenvalue weighted by Gasteiger charge is -2.07. The molecule has 0 radical (unpaired) electrons. The van der Waals surface area contributed by atoms with Gasteiger partial charge in [0.15, 0.2) is 11.6 Å². The molecule has 0 spiro atoms. The summed E-state index contributed by atoms with van der Waals surface area (Å²) in [5.41, 5.74) is 5.83. The van der Waals surface area contributed by atoms with E-state index in [4.69, 9.17) is 12.3 Å². The topological polar surface area (TPSA) is 48.2 Å². The number of nitrogens with two attached hydrogens (primary N) is 1. The Morgan fingerprint density at radius 3 is 2.55 bits per heavy atom. The van der Waals surface area contributed by atoms with Crippen molar-refractivity contribution in [1.29, 1.82) is 0 Å². The number of nitrogen functional groups attached to an aromatic ring is 1. The van der Waals surface area contributed by atoms with Crippen LogP contribution in [0.4, 0.5) is 20.3 Å². The van der Waals surface area contributed by atoms with Gasteiger partial charge < -0.3 is 5.73 Å². The zero-order valence-electron chi connectivity index (χ0n) is 10.8. The average Bonchev–Trinajstić information content (AvgIpc) is 2.73. The van der Waals surface area contributed by atoms with Crippen LogP contribution in [0.2, 0.25) is 0 Å². The van der Waals surface area contributed by atoms with E-state index in [9.17, 15) is 8.78 Å². The average molecular weight is 341 g/mol. The number of rotatable bonds is 2. The van der Waals surface area contributed by atoms with E-state index in [1.54, 1.807) is 0 Å². The van der Waals surface area contributed by atoms with Crippen molar-refractivity contribution < 1.29 is 8.78 Å². The first-order chi connectivity index (χ1) is 9.38. The van der Waals surface area contributed by atoms with Gasteiger partial charge in [0.05, 0.1) is 11.0 Å². The van der Waals surface area contributed by atoms with Gasteiger partial charge in [-0.05, 0) is 41.9 Å². The predicted molar refractivity (Wildman–Crippen MR) is 76.3 cm³/mol. The number of benzene rings is 1. The maximum atomic E-state index is 14.0. The van der Waals surface area contributed by atoms with Crippen LogP contribution in [0.25, 0.3) is 16.1 Å². The second-order valence-electron chi connectivity index (χ2n) is 4.46. The van der Waals surface area contributed by atoms with Gasteiger partial charge in [0.2, 0.25) is 0 Å². The standard InChI is InChI=1S/C13H11BrF2N4/c1-6(2)20-13(17)12(18-3)11(19-20)7-4-5-8(14)10(16)9(7)15/h4-6H,17H2,1-2H3. The summed E-state index contributed by atoms with van der Waals surface area (Å²) in [5, 5.41) is 4.14. The highest BCUT2D eigenvalue weighted by molar-refractivity contribution is 9.10. The molecule has 0 saturated heterocycles. The van der Waals surface area contributed by atoms with Gasteiger partial charge in [0.1, 0.15) is 11.5 Å². The Morgan fingerprint density at radius 1 is 1.35 bits per heavy atom. The molecule has 0 bridgehead atoms. The van der Waals surface area contributed by atoms with Crippen LogP contribution in [0.5, 0.6) is 0 Å². The summed E-state index contributed by atoms with van der Waals surface area (Å²) < 4.78 is 29.1. The lowest BCUT2D eigenvalue weighted by molar-refractivity contribution is 0.505. The van der Waals surface area contributed by atoms with E-state index in [0.717, 1.165) is 0 Å². The second kappa shape index (κ2) is 5.21. The van der Waals surface area contributed by atoms with Crippen LogP contribution >= 0.6 is 15.9 Å². The van der Waals surface area contributed by atoms with Crippen molar-refractivity contribution in [3.63, 3.8) is 0 Å². The molecule has 0 aliphatic heterocycles. The third kappa shape index (κ3) is 2.16. The first-order valence-electron chi connectivity index (χ1n) is 5.77. The van der Waals surface area contributed by atoms with Crippen molar-refractivity contribution in [2.45, 2.75) is 19.9 Å². The summed E-state index contributed by atoms with van der Waals surface area (Å²) in [5.74, 6) is -1.93. The van der Waals surface area contributed by atoms with Gasteiger partial charge in [-0.2, -0.15) is 5.10 Å². The minimum atomic E-state index is -1.06. The summed E-state index contributed by atoms with van der Waals surface area (Å²) in [6.45, 7) is 10.8. The molecule has 1 aromatic heterocycles. The monoisotopic (exact) mass is 340 g/mol. The zero-order valence-corrected chi connectivity index (χ0v) is 12.4. The van der Waals surface area contributed by atoms with Gasteiger partial charge in [-0.3, -0.25) is 4.68 Å². The van der Waals surface area contributed by atoms with E-state index >= 15 is 0 Å². The van der Waals surface area contributed by atoms with E-state index in [2.05, 4.69) is 25.9 Å². The predicted octanol–water partition coefficient (Wildman–Crippen LogP) is 4.30. The summed E-state index contributed by atoms with van der Waals surface area (Å²) in [7, 11) is 0. The van der Waals surface area contributed by atoms with E-state index in [-0.39, 0.29) is 33.3 Å². The fourth-order valence-electron chi connectivity index (χ4n) is 1.83. The quantitative estimate of drug-likeness (QED) is 0.654. The van der Waals surface area contributed by atoms with Crippen molar-refractivity contribution in [3.05, 3.63) is 39.7 Å². The smallest absolute Gasteiger partial charge is 0.254 e. The summed E-state index contributed by atoms with van der Waals surface area (Å²) in [6, 6.07) is 2.64. The molecule has 2 N–H and O–H groups in total. The van der Waals surface area contributed by atoms with Gasteiger partial charge in [0, 0.05) is 11.6 Å². The van der Waals surface area contributed by atoms with Crippen LogP contribution in [-0.4, -0.2) is 9.78 Å². The maximum absolute atomic E-state index is 14.0. The van der Waals surface area contributed by atoms with Crippen LogP contribution in [-0.2, 0) is 0 Å². The van der Waals surface area contributed by atoms with Crippen LogP contribution < -0.4 is 5.73 Å². The van der Waals surface area contributed by atoms with Crippen LogP contribution in [0.1, 0.15) is 19.9 Å². The molecule has 0 atom stereocenters. The minimum Gasteiger partial charge on any atom is -0.393 e. The SMILES string of the molecule is [C-]#[N+]c1c(-c2ccc(Br)c(F)c2F)nn(C(C)C)c1N. The summed E-state index contributed by atoms with van der Waals surface area (Å²) in [6.07, 6.45) is 0. The molecular formula is C13H11BrF2N4. The van der Waals surface area contributed by atoms with Crippen molar-refractivity contribution in [2.24, 2.45) is 0 Å². The van der Waals surface area contributed by atoms with Crippen molar-refractivity contribution in [2.75, 3.05) is 5.73 Å². The number of nitrogens with zero attached hydrogens (tertiary/aromatic N) is 3. The van der Waals surface area contributed by atoms with Crippen LogP contribution in [0.15, 0.2) is 16.6 Å². The molecule has 7 heteroatoms. The fraction of sp³-hybridized carbons (Fsp3) is 0.231. The Balaban J connectivity index is 2.74. The van der Waals surface area contributed by atoms with Gasteiger partial charge >= 0.3 is 0 Å². The van der Waals surface area contributed by atoms with Crippen molar-refractivity contribution >= 4 is 27.4 Å². The summed E-state index contributed by atoms with van der Waals surface area (Å²) >= 11 is 2.91. The fourth-order valence-corrected chi connectivity index (χ4v) is 2.14. The number of anilines is 1.